The lowest BCUT2D eigenvalue weighted by Crippen LogP contribution is -2.39. The van der Waals surface area contributed by atoms with Gasteiger partial charge in [0.25, 0.3) is 0 Å². The average Bonchev–Trinajstić information content (AvgIpc) is 2.84. The lowest BCUT2D eigenvalue weighted by Gasteiger charge is -2.06. The lowest BCUT2D eigenvalue weighted by atomic mass is 10.3. The lowest BCUT2D eigenvalue weighted by molar-refractivity contribution is -0.387. The molecule has 9 heteroatoms. The largest absolute Gasteiger partial charge is 0.357 e. The number of thiophene rings is 1. The van der Waals surface area contributed by atoms with Crippen molar-refractivity contribution in [2.24, 2.45) is 14.1 Å². The van der Waals surface area contributed by atoms with Gasteiger partial charge in [-0.25, -0.2) is 4.79 Å². The monoisotopic (exact) mass is 371 g/mol. The molecule has 0 fully saturated rings. The fraction of sp³-hybridized carbons (Fsp3) is 0.167. The second-order valence-electron chi connectivity index (χ2n) is 4.17. The van der Waals surface area contributed by atoms with Crippen LogP contribution in [-0.2, 0) is 14.1 Å². The first-order valence-corrected chi connectivity index (χ1v) is 7.31. The Kier molecular flexibility index (Phi) is 4.24. The third-order valence-electron chi connectivity index (χ3n) is 2.87. The van der Waals surface area contributed by atoms with Gasteiger partial charge in [0.15, 0.2) is 0 Å². The molecule has 0 spiro atoms. The number of nitro groups is 1. The van der Waals surface area contributed by atoms with E-state index in [2.05, 4.69) is 15.9 Å². The van der Waals surface area contributed by atoms with Crippen LogP contribution in [0, 0.1) is 10.1 Å². The highest BCUT2D eigenvalue weighted by Gasteiger charge is 2.23. The second kappa shape index (κ2) is 5.78. The summed E-state index contributed by atoms with van der Waals surface area (Å²) >= 11 is 4.74. The molecular weight excluding hydrogens is 362 g/mol. The third kappa shape index (κ3) is 2.88. The standard InChI is InChI=1S/C12H10BrN3O4S/c1-14-8(5-3-7-4-6-9(13)21-7)10(16(19)20)11(17)15(2)12(14)18/h3-6H,1-2H3/b5-3+. The predicted molar refractivity (Wildman–Crippen MR) is 84.5 cm³/mol. The molecule has 7 nitrogen and oxygen atoms in total. The van der Waals surface area contributed by atoms with Crippen molar-refractivity contribution in [3.8, 4) is 0 Å². The summed E-state index contributed by atoms with van der Waals surface area (Å²) < 4.78 is 2.71. The van der Waals surface area contributed by atoms with Crippen LogP contribution < -0.4 is 11.2 Å². The Morgan fingerprint density at radius 1 is 1.24 bits per heavy atom. The quantitative estimate of drug-likeness (QED) is 0.609. The number of rotatable bonds is 3. The van der Waals surface area contributed by atoms with Crippen molar-refractivity contribution in [1.29, 1.82) is 0 Å². The highest BCUT2D eigenvalue weighted by Crippen LogP contribution is 2.24. The summed E-state index contributed by atoms with van der Waals surface area (Å²) in [4.78, 5) is 34.9. The minimum Gasteiger partial charge on any atom is -0.291 e. The zero-order valence-electron chi connectivity index (χ0n) is 11.1. The maximum absolute atomic E-state index is 11.9. The van der Waals surface area contributed by atoms with Gasteiger partial charge in [-0.2, -0.15) is 0 Å². The highest BCUT2D eigenvalue weighted by molar-refractivity contribution is 9.11. The van der Waals surface area contributed by atoms with E-state index in [1.807, 2.05) is 12.1 Å². The Bertz CT molecular complexity index is 862. The summed E-state index contributed by atoms with van der Waals surface area (Å²) in [7, 11) is 2.60. The Morgan fingerprint density at radius 2 is 1.90 bits per heavy atom. The van der Waals surface area contributed by atoms with Crippen LogP contribution in [-0.4, -0.2) is 14.1 Å². The number of hydrogen-bond acceptors (Lipinski definition) is 5. The van der Waals surface area contributed by atoms with Gasteiger partial charge < -0.3 is 0 Å². The van der Waals surface area contributed by atoms with Crippen LogP contribution in [0.5, 0.6) is 0 Å². The van der Waals surface area contributed by atoms with Gasteiger partial charge in [0, 0.05) is 19.0 Å². The Labute approximate surface area is 131 Å². The van der Waals surface area contributed by atoms with Crippen LogP contribution in [0.2, 0.25) is 0 Å². The van der Waals surface area contributed by atoms with Crippen molar-refractivity contribution < 1.29 is 4.92 Å². The third-order valence-corrected chi connectivity index (χ3v) is 4.46. The Morgan fingerprint density at radius 3 is 2.43 bits per heavy atom. The van der Waals surface area contributed by atoms with E-state index in [4.69, 9.17) is 0 Å². The van der Waals surface area contributed by atoms with Crippen LogP contribution in [0.3, 0.4) is 0 Å². The summed E-state index contributed by atoms with van der Waals surface area (Å²) in [5.74, 6) is 0. The molecule has 0 atom stereocenters. The Hall–Kier alpha value is -2.00. The molecule has 0 saturated heterocycles. The van der Waals surface area contributed by atoms with E-state index in [9.17, 15) is 19.7 Å². The predicted octanol–water partition coefficient (Wildman–Crippen LogP) is 1.99. The molecule has 0 saturated carbocycles. The SMILES string of the molecule is Cn1c(/C=C/c2ccc(Br)s2)c([N+](=O)[O-])c(=O)n(C)c1=O. The summed E-state index contributed by atoms with van der Waals surface area (Å²) in [6, 6.07) is 3.65. The fourth-order valence-electron chi connectivity index (χ4n) is 1.78. The van der Waals surface area contributed by atoms with Crippen molar-refractivity contribution in [3.63, 3.8) is 0 Å². The van der Waals surface area contributed by atoms with Crippen molar-refractivity contribution >= 4 is 45.1 Å². The zero-order chi connectivity index (χ0) is 15.7. The smallest absolute Gasteiger partial charge is 0.291 e. The first-order chi connectivity index (χ1) is 9.82. The number of aromatic nitrogens is 2. The second-order valence-corrected chi connectivity index (χ2v) is 6.67. The van der Waals surface area contributed by atoms with E-state index in [1.165, 1.54) is 31.5 Å². The number of nitrogens with zero attached hydrogens (tertiary/aromatic N) is 3. The van der Waals surface area contributed by atoms with Gasteiger partial charge in [-0.3, -0.25) is 24.0 Å². The van der Waals surface area contributed by atoms with Crippen molar-refractivity contribution in [2.75, 3.05) is 0 Å². The first kappa shape index (κ1) is 15.4. The van der Waals surface area contributed by atoms with Gasteiger partial charge in [-0.05, 0) is 40.2 Å². The minimum absolute atomic E-state index is 0.0300. The fourth-order valence-corrected chi connectivity index (χ4v) is 3.11. The molecule has 110 valence electrons. The molecule has 0 N–H and O–H groups in total. The van der Waals surface area contributed by atoms with Gasteiger partial charge >= 0.3 is 16.9 Å². The molecular formula is C12H10BrN3O4S. The molecule has 0 aliphatic heterocycles. The molecule has 2 aromatic rings. The van der Waals surface area contributed by atoms with Crippen molar-refractivity contribution in [2.45, 2.75) is 0 Å². The zero-order valence-corrected chi connectivity index (χ0v) is 13.5. The van der Waals surface area contributed by atoms with E-state index in [0.29, 0.717) is 0 Å². The molecule has 0 amide bonds. The van der Waals surface area contributed by atoms with Gasteiger partial charge in [-0.15, -0.1) is 11.3 Å². The first-order valence-electron chi connectivity index (χ1n) is 5.70. The average molecular weight is 372 g/mol. The van der Waals surface area contributed by atoms with Crippen LogP contribution in [0.1, 0.15) is 10.6 Å². The van der Waals surface area contributed by atoms with E-state index >= 15 is 0 Å². The van der Waals surface area contributed by atoms with E-state index in [1.54, 1.807) is 6.08 Å². The number of halogens is 1. The molecule has 0 radical (unpaired) electrons. The van der Waals surface area contributed by atoms with Crippen molar-refractivity contribution in [3.05, 3.63) is 57.4 Å². The summed E-state index contributed by atoms with van der Waals surface area (Å²) in [6.45, 7) is 0. The molecule has 0 unspecified atom stereocenters. The summed E-state index contributed by atoms with van der Waals surface area (Å²) in [5, 5.41) is 11.1. The molecule has 0 aliphatic carbocycles. The van der Waals surface area contributed by atoms with Crippen LogP contribution in [0.25, 0.3) is 12.2 Å². The molecule has 2 heterocycles. The van der Waals surface area contributed by atoms with Crippen LogP contribution in [0.15, 0.2) is 25.5 Å². The summed E-state index contributed by atoms with van der Waals surface area (Å²) in [5.41, 5.74) is -2.18. The molecule has 0 bridgehead atoms. The maximum atomic E-state index is 11.9. The van der Waals surface area contributed by atoms with Crippen LogP contribution in [0.4, 0.5) is 5.69 Å². The molecule has 2 rings (SSSR count). The number of hydrogen-bond donors (Lipinski definition) is 0. The van der Waals surface area contributed by atoms with Crippen molar-refractivity contribution in [1.82, 2.24) is 9.13 Å². The van der Waals surface area contributed by atoms with E-state index in [-0.39, 0.29) is 5.69 Å². The highest BCUT2D eigenvalue weighted by atomic mass is 79.9. The van der Waals surface area contributed by atoms with Gasteiger partial charge in [0.05, 0.1) is 8.71 Å². The molecule has 2 aromatic heterocycles. The molecule has 21 heavy (non-hydrogen) atoms. The van der Waals surface area contributed by atoms with E-state index < -0.39 is 21.9 Å². The Balaban J connectivity index is 2.68. The van der Waals surface area contributed by atoms with Gasteiger partial charge in [-0.1, -0.05) is 0 Å². The molecule has 0 aliphatic rings. The summed E-state index contributed by atoms with van der Waals surface area (Å²) in [6.07, 6.45) is 3.02. The minimum atomic E-state index is -0.921. The molecule has 0 aromatic carbocycles. The van der Waals surface area contributed by atoms with E-state index in [0.717, 1.165) is 17.8 Å². The maximum Gasteiger partial charge on any atom is 0.357 e. The van der Waals surface area contributed by atoms with Crippen LogP contribution >= 0.6 is 27.3 Å². The van der Waals surface area contributed by atoms with Gasteiger partial charge in [0.1, 0.15) is 5.69 Å². The van der Waals surface area contributed by atoms with Gasteiger partial charge in [0.2, 0.25) is 0 Å². The topological polar surface area (TPSA) is 87.1 Å². The normalized spacial score (nSPS) is 11.2.